The van der Waals surface area contributed by atoms with E-state index in [2.05, 4.69) is 18.4 Å². The molecule has 0 amide bonds. The number of thiol groups is 1. The molecule has 0 heterocycles. The Labute approximate surface area is 100 Å². The number of nitrogens with two attached hydrogens (primary N) is 1. The van der Waals surface area contributed by atoms with Crippen molar-refractivity contribution in [1.29, 1.82) is 0 Å². The maximum atomic E-state index is 9.12. The lowest BCUT2D eigenvalue weighted by Gasteiger charge is -2.06. The highest BCUT2D eigenvalue weighted by atomic mass is 32.1. The Kier molecular flexibility index (Phi) is 25.6. The first-order valence-electron chi connectivity index (χ1n) is 4.92. The van der Waals surface area contributed by atoms with E-state index in [0.29, 0.717) is 12.3 Å². The highest BCUT2D eigenvalue weighted by Crippen LogP contribution is 1.90. The van der Waals surface area contributed by atoms with Crippen LogP contribution in [0.15, 0.2) is 24.0 Å². The third-order valence-corrected chi connectivity index (χ3v) is 0.959. The monoisotopic (exact) mass is 234 g/mol. The Balaban J connectivity index is -0.000000245. The molecule has 0 aliphatic carbocycles. The second kappa shape index (κ2) is 19.2. The van der Waals surface area contributed by atoms with E-state index in [4.69, 9.17) is 5.11 Å². The van der Waals surface area contributed by atoms with Crippen LogP contribution in [0.2, 0.25) is 0 Å². The quantitative estimate of drug-likeness (QED) is 0.398. The summed E-state index contributed by atoms with van der Waals surface area (Å²) in [6, 6.07) is 0. The molecule has 92 valence electrons. The molecule has 0 aliphatic rings. The van der Waals surface area contributed by atoms with Crippen LogP contribution in [0.3, 0.4) is 0 Å². The molecule has 0 fully saturated rings. The van der Waals surface area contributed by atoms with Gasteiger partial charge in [-0.25, -0.2) is 0 Å². The van der Waals surface area contributed by atoms with E-state index < -0.39 is 0 Å². The van der Waals surface area contributed by atoms with Gasteiger partial charge in [0.25, 0.3) is 0 Å². The topological polar surface area (TPSA) is 49.5 Å². The summed E-state index contributed by atoms with van der Waals surface area (Å²) in [5.41, 5.74) is 4.50. The van der Waals surface area contributed by atoms with Crippen molar-refractivity contribution >= 4 is 12.6 Å². The molecule has 15 heavy (non-hydrogen) atoms. The van der Waals surface area contributed by atoms with Crippen LogP contribution >= 0.6 is 12.6 Å². The molecule has 0 aliphatic heterocycles. The van der Waals surface area contributed by atoms with E-state index >= 15 is 0 Å². The zero-order valence-corrected chi connectivity index (χ0v) is 11.5. The van der Waals surface area contributed by atoms with E-state index in [0.717, 1.165) is 5.75 Å². The van der Waals surface area contributed by atoms with E-state index in [-0.39, 0.29) is 0 Å². The molecule has 0 spiro atoms. The minimum absolute atomic E-state index is 0.392. The van der Waals surface area contributed by atoms with Gasteiger partial charge in [-0.05, 0) is 39.9 Å². The molecular weight excluding hydrogens is 208 g/mol. The lowest BCUT2D eigenvalue weighted by Crippen LogP contribution is -2.14. The van der Waals surface area contributed by atoms with Crippen molar-refractivity contribution in [2.24, 2.45) is 5.73 Å². The van der Waals surface area contributed by atoms with Gasteiger partial charge in [0.1, 0.15) is 5.76 Å². The number of aliphatic hydroxyl groups is 1. The minimum Gasteiger partial charge on any atom is -0.511 e. The Morgan fingerprint density at radius 3 is 2.07 bits per heavy atom. The first kappa shape index (κ1) is 20.0. The summed E-state index contributed by atoms with van der Waals surface area (Å²) in [6.45, 7) is 4.51. The fourth-order valence-corrected chi connectivity index (χ4v) is 0.584. The molecule has 0 unspecified atom stereocenters. The van der Waals surface area contributed by atoms with Crippen LogP contribution in [-0.2, 0) is 0 Å². The van der Waals surface area contributed by atoms with Crippen LogP contribution in [0.1, 0.15) is 13.8 Å². The molecule has 0 aromatic rings. The summed E-state index contributed by atoms with van der Waals surface area (Å²) in [4.78, 5) is 1.91. The predicted octanol–water partition coefficient (Wildman–Crippen LogP) is 2.08. The first-order valence-corrected chi connectivity index (χ1v) is 5.55. The van der Waals surface area contributed by atoms with Gasteiger partial charge in [0.15, 0.2) is 0 Å². The number of hydrogen-bond donors (Lipinski definition) is 3. The molecule has 0 saturated heterocycles. The molecule has 3 N–H and O–H groups in total. The molecular formula is C11H26N2OS. The summed E-state index contributed by atoms with van der Waals surface area (Å²) in [5, 5.41) is 9.12. The largest absolute Gasteiger partial charge is 0.511 e. The summed E-state index contributed by atoms with van der Waals surface area (Å²) >= 11 is 3.79. The molecule has 4 heteroatoms. The Bertz CT molecular complexity index is 157. The SMILES string of the molecule is C/C=C/C=C(\O)CN(C)C.CCS.CN. The summed E-state index contributed by atoms with van der Waals surface area (Å²) < 4.78 is 0. The molecule has 0 aromatic heterocycles. The van der Waals surface area contributed by atoms with Crippen LogP contribution in [0, 0.1) is 0 Å². The summed E-state index contributed by atoms with van der Waals surface area (Å²) in [7, 11) is 5.33. The molecule has 0 aromatic carbocycles. The normalized spacial score (nSPS) is 10.5. The van der Waals surface area contributed by atoms with Gasteiger partial charge in [-0.3, -0.25) is 0 Å². The number of hydrogen-bond acceptors (Lipinski definition) is 4. The Morgan fingerprint density at radius 2 is 1.80 bits per heavy atom. The molecule has 0 bridgehead atoms. The van der Waals surface area contributed by atoms with Gasteiger partial charge in [0.2, 0.25) is 0 Å². The van der Waals surface area contributed by atoms with Gasteiger partial charge in [0.05, 0.1) is 6.54 Å². The van der Waals surface area contributed by atoms with Crippen molar-refractivity contribution in [2.75, 3.05) is 33.4 Å². The second-order valence-corrected chi connectivity index (χ2v) is 3.37. The maximum absolute atomic E-state index is 9.12. The number of likely N-dealkylation sites (N-methyl/N-ethyl adjacent to an activating group) is 1. The van der Waals surface area contributed by atoms with Crippen LogP contribution in [0.25, 0.3) is 0 Å². The van der Waals surface area contributed by atoms with E-state index in [1.54, 1.807) is 6.08 Å². The van der Waals surface area contributed by atoms with Crippen molar-refractivity contribution in [1.82, 2.24) is 4.90 Å². The van der Waals surface area contributed by atoms with Gasteiger partial charge in [0, 0.05) is 0 Å². The highest BCUT2D eigenvalue weighted by molar-refractivity contribution is 7.80. The van der Waals surface area contributed by atoms with Crippen LogP contribution < -0.4 is 5.73 Å². The third kappa shape index (κ3) is 31.7. The smallest absolute Gasteiger partial charge is 0.106 e. The molecule has 0 rings (SSSR count). The molecule has 0 atom stereocenters. The average Bonchev–Trinajstić information content (AvgIpc) is 2.18. The van der Waals surface area contributed by atoms with Crippen molar-refractivity contribution in [2.45, 2.75) is 13.8 Å². The van der Waals surface area contributed by atoms with Crippen LogP contribution in [0.5, 0.6) is 0 Å². The van der Waals surface area contributed by atoms with Gasteiger partial charge < -0.3 is 15.7 Å². The van der Waals surface area contributed by atoms with Crippen LogP contribution in [-0.4, -0.2) is 43.4 Å². The number of aliphatic hydroxyl groups excluding tert-OH is 1. The number of nitrogens with zero attached hydrogens (tertiary/aromatic N) is 1. The number of allylic oxidation sites excluding steroid dienone is 3. The lowest BCUT2D eigenvalue weighted by molar-refractivity contribution is 0.324. The van der Waals surface area contributed by atoms with E-state index in [9.17, 15) is 0 Å². The summed E-state index contributed by atoms with van der Waals surface area (Å²) in [6.07, 6.45) is 5.39. The molecule has 3 nitrogen and oxygen atoms in total. The van der Waals surface area contributed by atoms with Crippen molar-refractivity contribution in [3.8, 4) is 0 Å². The van der Waals surface area contributed by atoms with Crippen molar-refractivity contribution in [3.05, 3.63) is 24.0 Å². The van der Waals surface area contributed by atoms with Gasteiger partial charge >= 0.3 is 0 Å². The standard InChI is InChI=1S/C8H15NO.C2H6S.CH5N/c1-4-5-6-8(10)7-9(2)3;1-2-3;1-2/h4-6,10H,7H2,1-3H3;3H,2H2,1H3;2H2,1H3/b5-4+,8-6-;;. The minimum atomic E-state index is 0.392. The predicted molar refractivity (Wildman–Crippen MR) is 73.7 cm³/mol. The molecule has 0 radical (unpaired) electrons. The van der Waals surface area contributed by atoms with E-state index in [1.807, 2.05) is 45.0 Å². The van der Waals surface area contributed by atoms with Crippen molar-refractivity contribution in [3.63, 3.8) is 0 Å². The fraction of sp³-hybridized carbons (Fsp3) is 0.636. The Morgan fingerprint density at radius 1 is 1.40 bits per heavy atom. The Hall–Kier alpha value is -0.450. The first-order chi connectivity index (χ1) is 7.08. The van der Waals surface area contributed by atoms with Crippen LogP contribution in [0.4, 0.5) is 0 Å². The number of rotatable bonds is 3. The highest BCUT2D eigenvalue weighted by Gasteiger charge is 1.91. The molecule has 0 saturated carbocycles. The summed E-state index contributed by atoms with van der Waals surface area (Å²) in [5.74, 6) is 1.34. The van der Waals surface area contributed by atoms with E-state index in [1.165, 1.54) is 7.05 Å². The zero-order valence-electron chi connectivity index (χ0n) is 10.6. The van der Waals surface area contributed by atoms with Gasteiger partial charge in [-0.1, -0.05) is 19.1 Å². The maximum Gasteiger partial charge on any atom is 0.106 e. The fourth-order valence-electron chi connectivity index (χ4n) is 0.584. The van der Waals surface area contributed by atoms with Gasteiger partial charge in [-0.2, -0.15) is 12.6 Å². The third-order valence-electron chi connectivity index (χ3n) is 0.959. The van der Waals surface area contributed by atoms with Gasteiger partial charge in [-0.15, -0.1) is 0 Å². The average molecular weight is 234 g/mol. The second-order valence-electron chi connectivity index (χ2n) is 2.74. The lowest BCUT2D eigenvalue weighted by atomic mass is 10.4. The zero-order chi connectivity index (χ0) is 12.7. The van der Waals surface area contributed by atoms with Crippen molar-refractivity contribution < 1.29 is 5.11 Å².